The van der Waals surface area contributed by atoms with Crippen molar-refractivity contribution in [3.63, 3.8) is 0 Å². The number of ether oxygens (including phenoxy) is 2. The van der Waals surface area contributed by atoms with Crippen LogP contribution in [0.3, 0.4) is 0 Å². The van der Waals surface area contributed by atoms with Crippen molar-refractivity contribution in [3.05, 3.63) is 48.3 Å². The first kappa shape index (κ1) is 16.8. The Kier molecular flexibility index (Phi) is 6.38. The van der Waals surface area contributed by atoms with Crippen LogP contribution in [-0.4, -0.2) is 37.8 Å². The number of para-hydroxylation sites is 2. The third-order valence-electron chi connectivity index (χ3n) is 3.06. The number of carbonyl (C=O) groups is 1. The molecule has 0 fully saturated rings. The molecule has 6 nitrogen and oxygen atoms in total. The average molecular weight is 315 g/mol. The van der Waals surface area contributed by atoms with Gasteiger partial charge in [0.05, 0.1) is 36.3 Å². The van der Waals surface area contributed by atoms with Gasteiger partial charge in [0.25, 0.3) is 5.91 Å². The molecule has 0 saturated carbocycles. The van der Waals surface area contributed by atoms with Crippen molar-refractivity contribution in [1.29, 1.82) is 0 Å². The quantitative estimate of drug-likeness (QED) is 0.733. The third-order valence-corrected chi connectivity index (χ3v) is 3.06. The van der Waals surface area contributed by atoms with E-state index < -0.39 is 0 Å². The first-order valence-corrected chi connectivity index (χ1v) is 7.45. The molecule has 23 heavy (non-hydrogen) atoms. The number of rotatable bonds is 8. The summed E-state index contributed by atoms with van der Waals surface area (Å²) in [5, 5.41) is 5.99. The van der Waals surface area contributed by atoms with Gasteiger partial charge in [-0.25, -0.2) is 0 Å². The minimum absolute atomic E-state index is 0.184. The van der Waals surface area contributed by atoms with Crippen LogP contribution in [0, 0.1) is 0 Å². The molecule has 0 aliphatic heterocycles. The Labute approximate surface area is 135 Å². The number of anilines is 2. The number of nitrogens with zero attached hydrogens (tertiary/aromatic N) is 1. The van der Waals surface area contributed by atoms with E-state index in [0.29, 0.717) is 25.3 Å². The van der Waals surface area contributed by atoms with E-state index in [1.165, 1.54) is 6.20 Å². The maximum absolute atomic E-state index is 12.0. The van der Waals surface area contributed by atoms with Gasteiger partial charge in [0.2, 0.25) is 0 Å². The summed E-state index contributed by atoms with van der Waals surface area (Å²) >= 11 is 0. The Balaban J connectivity index is 2.09. The fourth-order valence-electron chi connectivity index (χ4n) is 2.01. The van der Waals surface area contributed by atoms with Crippen molar-refractivity contribution in [2.75, 3.05) is 32.2 Å². The van der Waals surface area contributed by atoms with Crippen LogP contribution in [0.2, 0.25) is 0 Å². The zero-order chi connectivity index (χ0) is 16.5. The van der Waals surface area contributed by atoms with Crippen molar-refractivity contribution in [3.8, 4) is 5.75 Å². The molecule has 122 valence electrons. The first-order chi connectivity index (χ1) is 11.2. The number of hydrogen-bond donors (Lipinski definition) is 2. The molecule has 0 radical (unpaired) electrons. The van der Waals surface area contributed by atoms with Crippen molar-refractivity contribution in [1.82, 2.24) is 10.3 Å². The summed E-state index contributed by atoms with van der Waals surface area (Å²) in [6.07, 6.45) is 3.19. The van der Waals surface area contributed by atoms with Crippen LogP contribution in [0.1, 0.15) is 17.3 Å². The van der Waals surface area contributed by atoms with Gasteiger partial charge in [-0.2, -0.15) is 0 Å². The zero-order valence-electron chi connectivity index (χ0n) is 13.3. The number of carbonyl (C=O) groups excluding carboxylic acids is 1. The van der Waals surface area contributed by atoms with E-state index in [4.69, 9.17) is 9.47 Å². The van der Waals surface area contributed by atoms with Gasteiger partial charge in [0, 0.05) is 19.9 Å². The molecule has 0 aliphatic carbocycles. The minimum Gasteiger partial charge on any atom is -0.492 e. The summed E-state index contributed by atoms with van der Waals surface area (Å²) in [6.45, 7) is 3.45. The standard InChI is InChI=1S/C17H21N3O3/c1-3-23-16-7-5-4-6-15(16)20-14-10-13(11-18-12-14)17(21)19-8-9-22-2/h4-7,10-12,20H,3,8-9H2,1-2H3,(H,19,21). The van der Waals surface area contributed by atoms with E-state index in [1.807, 2.05) is 31.2 Å². The SMILES string of the molecule is CCOc1ccccc1Nc1cncc(C(=O)NCCOC)c1. The van der Waals surface area contributed by atoms with E-state index in [2.05, 4.69) is 15.6 Å². The van der Waals surface area contributed by atoms with Gasteiger partial charge in [-0.3, -0.25) is 9.78 Å². The highest BCUT2D eigenvalue weighted by molar-refractivity contribution is 5.94. The number of amides is 1. The molecule has 0 aliphatic rings. The molecule has 0 spiro atoms. The van der Waals surface area contributed by atoms with Gasteiger partial charge >= 0.3 is 0 Å². The molecule has 1 heterocycles. The predicted octanol–water partition coefficient (Wildman–Crippen LogP) is 2.60. The summed E-state index contributed by atoms with van der Waals surface area (Å²) in [5.74, 6) is 0.571. The lowest BCUT2D eigenvalue weighted by Gasteiger charge is -2.12. The first-order valence-electron chi connectivity index (χ1n) is 7.45. The van der Waals surface area contributed by atoms with Gasteiger partial charge in [-0.15, -0.1) is 0 Å². The zero-order valence-corrected chi connectivity index (χ0v) is 13.3. The molecule has 0 unspecified atom stereocenters. The summed E-state index contributed by atoms with van der Waals surface area (Å²) in [5.41, 5.74) is 2.03. The highest BCUT2D eigenvalue weighted by atomic mass is 16.5. The van der Waals surface area contributed by atoms with Crippen LogP contribution in [0.4, 0.5) is 11.4 Å². The van der Waals surface area contributed by atoms with Gasteiger partial charge in [-0.05, 0) is 25.1 Å². The molecular formula is C17H21N3O3. The largest absolute Gasteiger partial charge is 0.492 e. The van der Waals surface area contributed by atoms with Crippen molar-refractivity contribution >= 4 is 17.3 Å². The minimum atomic E-state index is -0.184. The van der Waals surface area contributed by atoms with Crippen molar-refractivity contribution < 1.29 is 14.3 Å². The number of pyridine rings is 1. The second-order valence-corrected chi connectivity index (χ2v) is 4.77. The van der Waals surface area contributed by atoms with E-state index in [9.17, 15) is 4.79 Å². The summed E-state index contributed by atoms with van der Waals surface area (Å²) in [4.78, 5) is 16.1. The maximum atomic E-state index is 12.0. The smallest absolute Gasteiger partial charge is 0.253 e. The third kappa shape index (κ3) is 4.96. The number of benzene rings is 1. The maximum Gasteiger partial charge on any atom is 0.253 e. The van der Waals surface area contributed by atoms with Gasteiger partial charge in [0.15, 0.2) is 0 Å². The van der Waals surface area contributed by atoms with E-state index >= 15 is 0 Å². The van der Waals surface area contributed by atoms with Crippen LogP contribution in [0.5, 0.6) is 5.75 Å². The molecule has 1 amide bonds. The Morgan fingerprint density at radius 1 is 1.26 bits per heavy atom. The lowest BCUT2D eigenvalue weighted by atomic mass is 10.2. The lowest BCUT2D eigenvalue weighted by molar-refractivity contribution is 0.0937. The van der Waals surface area contributed by atoms with Crippen molar-refractivity contribution in [2.24, 2.45) is 0 Å². The van der Waals surface area contributed by atoms with Crippen molar-refractivity contribution in [2.45, 2.75) is 6.92 Å². The van der Waals surface area contributed by atoms with Gasteiger partial charge in [0.1, 0.15) is 5.75 Å². The fourth-order valence-corrected chi connectivity index (χ4v) is 2.01. The molecular weight excluding hydrogens is 294 g/mol. The summed E-state index contributed by atoms with van der Waals surface area (Å²) in [7, 11) is 1.59. The molecule has 0 saturated heterocycles. The van der Waals surface area contributed by atoms with Crippen LogP contribution in [0.15, 0.2) is 42.7 Å². The molecule has 1 aromatic carbocycles. The Bertz CT molecular complexity index is 646. The number of nitrogens with one attached hydrogen (secondary N) is 2. The monoisotopic (exact) mass is 315 g/mol. The number of hydrogen-bond acceptors (Lipinski definition) is 5. The predicted molar refractivity (Wildman–Crippen MR) is 89.3 cm³/mol. The molecule has 0 atom stereocenters. The Morgan fingerprint density at radius 2 is 2.09 bits per heavy atom. The van der Waals surface area contributed by atoms with Crippen LogP contribution >= 0.6 is 0 Å². The second-order valence-electron chi connectivity index (χ2n) is 4.77. The normalized spacial score (nSPS) is 10.2. The van der Waals surface area contributed by atoms with Crippen LogP contribution in [0.25, 0.3) is 0 Å². The topological polar surface area (TPSA) is 72.5 Å². The fraction of sp³-hybridized carbons (Fsp3) is 0.294. The molecule has 1 aromatic heterocycles. The molecule has 2 rings (SSSR count). The van der Waals surface area contributed by atoms with Gasteiger partial charge < -0.3 is 20.1 Å². The Hall–Kier alpha value is -2.60. The van der Waals surface area contributed by atoms with Crippen LogP contribution < -0.4 is 15.4 Å². The average Bonchev–Trinajstić information content (AvgIpc) is 2.57. The number of methoxy groups -OCH3 is 1. The second kappa shape index (κ2) is 8.75. The summed E-state index contributed by atoms with van der Waals surface area (Å²) in [6, 6.07) is 9.38. The van der Waals surface area contributed by atoms with E-state index in [0.717, 1.165) is 17.1 Å². The summed E-state index contributed by atoms with van der Waals surface area (Å²) < 4.78 is 10.5. The molecule has 2 N–H and O–H groups in total. The number of aromatic nitrogens is 1. The van der Waals surface area contributed by atoms with E-state index in [1.54, 1.807) is 19.4 Å². The highest BCUT2D eigenvalue weighted by Gasteiger charge is 2.08. The molecule has 6 heteroatoms. The Morgan fingerprint density at radius 3 is 2.87 bits per heavy atom. The van der Waals surface area contributed by atoms with Gasteiger partial charge in [-0.1, -0.05) is 12.1 Å². The van der Waals surface area contributed by atoms with Crippen LogP contribution in [-0.2, 0) is 4.74 Å². The highest BCUT2D eigenvalue weighted by Crippen LogP contribution is 2.27. The van der Waals surface area contributed by atoms with E-state index in [-0.39, 0.29) is 5.91 Å². The lowest BCUT2D eigenvalue weighted by Crippen LogP contribution is -2.27. The molecule has 0 bridgehead atoms. The molecule has 2 aromatic rings.